The molecule has 2 aliphatic rings. The number of aryl methyl sites for hydroxylation is 2. The van der Waals surface area contributed by atoms with Crippen LogP contribution in [0.15, 0.2) is 30.5 Å². The zero-order valence-electron chi connectivity index (χ0n) is 19.2. The van der Waals surface area contributed by atoms with Gasteiger partial charge in [0.25, 0.3) is 0 Å². The lowest BCUT2D eigenvalue weighted by Gasteiger charge is -2.36. The van der Waals surface area contributed by atoms with Gasteiger partial charge in [-0.25, -0.2) is 4.98 Å². The Morgan fingerprint density at radius 1 is 1.03 bits per heavy atom. The molecule has 0 N–H and O–H groups in total. The summed E-state index contributed by atoms with van der Waals surface area (Å²) in [5.41, 5.74) is 1.95. The Balaban J connectivity index is 1.21. The summed E-state index contributed by atoms with van der Waals surface area (Å²) in [5.74, 6) is 1.73. The van der Waals surface area contributed by atoms with Gasteiger partial charge < -0.3 is 14.7 Å². The number of anilines is 1. The Morgan fingerprint density at radius 3 is 2.53 bits per heavy atom. The lowest BCUT2D eigenvalue weighted by atomic mass is 9.93. The second kappa shape index (κ2) is 10.1. The molecule has 2 aromatic heterocycles. The average Bonchev–Trinajstić information content (AvgIpc) is 3.14. The largest absolute Gasteiger partial charge is 0.353 e. The van der Waals surface area contributed by atoms with E-state index < -0.39 is 0 Å². The molecule has 32 heavy (non-hydrogen) atoms. The van der Waals surface area contributed by atoms with E-state index in [2.05, 4.69) is 15.0 Å². The van der Waals surface area contributed by atoms with Crippen molar-refractivity contribution in [3.05, 3.63) is 41.9 Å². The maximum Gasteiger partial charge on any atom is 0.244 e. The second-order valence-electron chi connectivity index (χ2n) is 9.03. The van der Waals surface area contributed by atoms with Crippen LogP contribution in [0.2, 0.25) is 0 Å². The van der Waals surface area contributed by atoms with Gasteiger partial charge in [-0.2, -0.15) is 5.10 Å². The van der Waals surface area contributed by atoms with Gasteiger partial charge in [0.15, 0.2) is 0 Å². The maximum atomic E-state index is 12.8. The SMILES string of the molecule is Cc1cc(C)n(CC(=O)N2CCCC(CCC(=O)N3CCN(c4ccccn4)CC3)C2)n1. The van der Waals surface area contributed by atoms with Crippen molar-refractivity contribution in [2.24, 2.45) is 5.92 Å². The van der Waals surface area contributed by atoms with E-state index in [1.165, 1.54) is 0 Å². The minimum atomic E-state index is 0.123. The van der Waals surface area contributed by atoms with E-state index in [4.69, 9.17) is 0 Å². The van der Waals surface area contributed by atoms with E-state index in [9.17, 15) is 9.59 Å². The molecule has 2 saturated heterocycles. The van der Waals surface area contributed by atoms with Crippen LogP contribution >= 0.6 is 0 Å². The van der Waals surface area contributed by atoms with Gasteiger partial charge in [0.2, 0.25) is 11.8 Å². The van der Waals surface area contributed by atoms with Crippen molar-refractivity contribution >= 4 is 17.6 Å². The minimum Gasteiger partial charge on any atom is -0.353 e. The van der Waals surface area contributed by atoms with E-state index in [0.717, 1.165) is 75.7 Å². The van der Waals surface area contributed by atoms with Crippen molar-refractivity contribution in [2.75, 3.05) is 44.2 Å². The van der Waals surface area contributed by atoms with Crippen LogP contribution in [0.25, 0.3) is 0 Å². The Morgan fingerprint density at radius 2 is 1.84 bits per heavy atom. The lowest BCUT2D eigenvalue weighted by Crippen LogP contribution is -2.49. The molecule has 2 aliphatic heterocycles. The number of piperidine rings is 1. The molecule has 0 spiro atoms. The highest BCUT2D eigenvalue weighted by atomic mass is 16.2. The summed E-state index contributed by atoms with van der Waals surface area (Å²) in [5, 5.41) is 4.41. The van der Waals surface area contributed by atoms with Crippen LogP contribution in [-0.4, -0.2) is 75.6 Å². The molecule has 0 aliphatic carbocycles. The molecule has 0 aromatic carbocycles. The summed E-state index contributed by atoms with van der Waals surface area (Å²) in [6, 6.07) is 7.93. The Labute approximate surface area is 190 Å². The van der Waals surface area contributed by atoms with E-state index in [1.807, 2.05) is 54.1 Å². The molecule has 0 saturated carbocycles. The quantitative estimate of drug-likeness (QED) is 0.692. The molecule has 172 valence electrons. The molecule has 4 rings (SSSR count). The van der Waals surface area contributed by atoms with E-state index in [1.54, 1.807) is 4.68 Å². The van der Waals surface area contributed by atoms with E-state index >= 15 is 0 Å². The first kappa shape index (κ1) is 22.3. The van der Waals surface area contributed by atoms with Crippen LogP contribution in [0.4, 0.5) is 5.82 Å². The number of likely N-dealkylation sites (tertiary alicyclic amines) is 1. The number of rotatable bonds is 6. The molecule has 1 atom stereocenters. The number of piperazine rings is 1. The van der Waals surface area contributed by atoms with Crippen LogP contribution in [0, 0.1) is 19.8 Å². The number of hydrogen-bond donors (Lipinski definition) is 0. The summed E-state index contributed by atoms with van der Waals surface area (Å²) < 4.78 is 1.79. The van der Waals surface area contributed by atoms with Crippen molar-refractivity contribution < 1.29 is 9.59 Å². The van der Waals surface area contributed by atoms with Crippen molar-refractivity contribution in [1.82, 2.24) is 24.6 Å². The molecule has 1 unspecified atom stereocenters. The zero-order valence-corrected chi connectivity index (χ0v) is 19.2. The third-order valence-electron chi connectivity index (χ3n) is 6.63. The summed E-state index contributed by atoms with van der Waals surface area (Å²) in [6.07, 6.45) is 5.31. The smallest absolute Gasteiger partial charge is 0.244 e. The first-order valence-corrected chi connectivity index (χ1v) is 11.7. The van der Waals surface area contributed by atoms with Gasteiger partial charge in [0.1, 0.15) is 12.4 Å². The molecule has 2 amide bonds. The number of carbonyl (C=O) groups excluding carboxylic acids is 2. The van der Waals surface area contributed by atoms with Crippen molar-refractivity contribution in [3.8, 4) is 0 Å². The summed E-state index contributed by atoms with van der Waals surface area (Å²) >= 11 is 0. The van der Waals surface area contributed by atoms with Crippen molar-refractivity contribution in [2.45, 2.75) is 46.1 Å². The Bertz CT molecular complexity index is 920. The Hall–Kier alpha value is -2.90. The third-order valence-corrected chi connectivity index (χ3v) is 6.63. The number of amides is 2. The number of nitrogens with zero attached hydrogens (tertiary/aromatic N) is 6. The van der Waals surface area contributed by atoms with Gasteiger partial charge in [0.05, 0.1) is 5.69 Å². The highest BCUT2D eigenvalue weighted by Gasteiger charge is 2.26. The van der Waals surface area contributed by atoms with E-state index in [-0.39, 0.29) is 11.8 Å². The van der Waals surface area contributed by atoms with E-state index in [0.29, 0.717) is 18.9 Å². The van der Waals surface area contributed by atoms with Crippen LogP contribution in [0.1, 0.15) is 37.1 Å². The molecule has 2 aromatic rings. The topological polar surface area (TPSA) is 74.6 Å². The van der Waals surface area contributed by atoms with Gasteiger partial charge in [-0.3, -0.25) is 14.3 Å². The minimum absolute atomic E-state index is 0.123. The van der Waals surface area contributed by atoms with Crippen LogP contribution in [0.3, 0.4) is 0 Å². The monoisotopic (exact) mass is 438 g/mol. The standard InChI is InChI=1S/C24H34N6O2/c1-19-16-20(2)30(26-19)18-24(32)29-11-5-6-21(17-29)8-9-23(31)28-14-12-27(13-15-28)22-7-3-4-10-25-22/h3-4,7,10,16,21H,5-6,8-9,11-15,17-18H2,1-2H3. The lowest BCUT2D eigenvalue weighted by molar-refractivity contribution is -0.134. The third kappa shape index (κ3) is 5.47. The van der Waals surface area contributed by atoms with Crippen LogP contribution < -0.4 is 4.90 Å². The van der Waals surface area contributed by atoms with Gasteiger partial charge in [0, 0.05) is 57.6 Å². The van der Waals surface area contributed by atoms with Gasteiger partial charge in [-0.05, 0) is 57.2 Å². The average molecular weight is 439 g/mol. The Kier molecular flexibility index (Phi) is 7.07. The van der Waals surface area contributed by atoms with Crippen LogP contribution in [-0.2, 0) is 16.1 Å². The number of pyridine rings is 1. The molecule has 2 fully saturated rings. The fourth-order valence-corrected chi connectivity index (χ4v) is 4.80. The first-order valence-electron chi connectivity index (χ1n) is 11.7. The molecule has 8 nitrogen and oxygen atoms in total. The fraction of sp³-hybridized carbons (Fsp3) is 0.583. The first-order chi connectivity index (χ1) is 15.5. The highest BCUT2D eigenvalue weighted by molar-refractivity contribution is 5.77. The summed E-state index contributed by atoms with van der Waals surface area (Å²) in [7, 11) is 0. The molecular weight excluding hydrogens is 404 g/mol. The van der Waals surface area contributed by atoms with Gasteiger partial charge >= 0.3 is 0 Å². The van der Waals surface area contributed by atoms with Crippen LogP contribution in [0.5, 0.6) is 0 Å². The van der Waals surface area contributed by atoms with Gasteiger partial charge in [-0.15, -0.1) is 0 Å². The second-order valence-corrected chi connectivity index (χ2v) is 9.03. The summed E-state index contributed by atoms with van der Waals surface area (Å²) in [4.78, 5) is 36.1. The maximum absolute atomic E-state index is 12.8. The molecule has 4 heterocycles. The van der Waals surface area contributed by atoms with Crippen molar-refractivity contribution in [1.29, 1.82) is 0 Å². The normalized spacial score (nSPS) is 19.3. The summed E-state index contributed by atoms with van der Waals surface area (Å²) in [6.45, 7) is 8.90. The number of aromatic nitrogens is 3. The number of hydrogen-bond acceptors (Lipinski definition) is 5. The predicted molar refractivity (Wildman–Crippen MR) is 123 cm³/mol. The number of carbonyl (C=O) groups is 2. The molecular formula is C24H34N6O2. The highest BCUT2D eigenvalue weighted by Crippen LogP contribution is 2.22. The molecule has 8 heteroatoms. The zero-order chi connectivity index (χ0) is 22.5. The fourth-order valence-electron chi connectivity index (χ4n) is 4.80. The van der Waals surface area contributed by atoms with Crippen molar-refractivity contribution in [3.63, 3.8) is 0 Å². The predicted octanol–water partition coefficient (Wildman–Crippen LogP) is 2.26. The molecule has 0 bridgehead atoms. The van der Waals surface area contributed by atoms with Gasteiger partial charge in [-0.1, -0.05) is 6.07 Å². The molecule has 0 radical (unpaired) electrons.